The van der Waals surface area contributed by atoms with Crippen LogP contribution in [0.5, 0.6) is 11.5 Å². The summed E-state index contributed by atoms with van der Waals surface area (Å²) in [5.74, 6) is 0.137. The maximum atomic E-state index is 11.1. The fraction of sp³-hybridized carbons (Fsp3) is 0.267. The number of carbonyl (C=O) groups is 1. The molecule has 0 spiro atoms. The van der Waals surface area contributed by atoms with E-state index in [0.29, 0.717) is 23.1 Å². The molecule has 0 aliphatic rings. The quantitative estimate of drug-likeness (QED) is 0.778. The molecule has 0 radical (unpaired) electrons. The molecule has 0 saturated heterocycles. The Morgan fingerprint density at radius 3 is 2.52 bits per heavy atom. The summed E-state index contributed by atoms with van der Waals surface area (Å²) in [6.45, 7) is 2.59. The maximum Gasteiger partial charge on any atom is 0.349 e. The van der Waals surface area contributed by atoms with Crippen LogP contribution in [0.3, 0.4) is 0 Å². The van der Waals surface area contributed by atoms with Crippen molar-refractivity contribution < 1.29 is 19.4 Å². The lowest BCUT2D eigenvalue weighted by Crippen LogP contribution is -2.10. The Bertz CT molecular complexity index is 607. The number of carboxylic acid groups (broad SMARTS) is 1. The van der Waals surface area contributed by atoms with Gasteiger partial charge in [-0.3, -0.25) is 0 Å². The van der Waals surface area contributed by atoms with Crippen molar-refractivity contribution in [1.82, 2.24) is 0 Å². The summed E-state index contributed by atoms with van der Waals surface area (Å²) in [5.41, 5.74) is 0. The number of hydrogen-bond donors (Lipinski definition) is 1. The number of thiophene rings is 1. The highest BCUT2D eigenvalue weighted by Gasteiger charge is 2.16. The van der Waals surface area contributed by atoms with Crippen molar-refractivity contribution in [3.8, 4) is 11.5 Å². The van der Waals surface area contributed by atoms with Gasteiger partial charge in [-0.05, 0) is 36.8 Å². The maximum absolute atomic E-state index is 11.1. The minimum absolute atomic E-state index is 0.235. The second-order valence-corrected chi connectivity index (χ2v) is 5.79. The van der Waals surface area contributed by atoms with E-state index in [4.69, 9.17) is 26.2 Å². The van der Waals surface area contributed by atoms with Gasteiger partial charge in [0.05, 0.1) is 0 Å². The van der Waals surface area contributed by atoms with Crippen molar-refractivity contribution in [3.63, 3.8) is 0 Å². The van der Waals surface area contributed by atoms with Gasteiger partial charge >= 0.3 is 5.97 Å². The summed E-state index contributed by atoms with van der Waals surface area (Å²) in [6, 6.07) is 8.80. The molecule has 2 rings (SSSR count). The first-order valence-electron chi connectivity index (χ1n) is 6.47. The Morgan fingerprint density at radius 2 is 1.90 bits per heavy atom. The molecule has 0 aliphatic heterocycles. The third-order valence-electron chi connectivity index (χ3n) is 2.71. The van der Waals surface area contributed by atoms with Gasteiger partial charge in [0.15, 0.2) is 4.88 Å². The van der Waals surface area contributed by atoms with Crippen LogP contribution in [0.1, 0.15) is 21.5 Å². The molecule has 0 amide bonds. The first-order chi connectivity index (χ1) is 10.1. The lowest BCUT2D eigenvalue weighted by molar-refractivity contribution is 0.0697. The van der Waals surface area contributed by atoms with Gasteiger partial charge in [-0.15, -0.1) is 11.3 Å². The van der Waals surface area contributed by atoms with Crippen molar-refractivity contribution in [2.24, 2.45) is 0 Å². The summed E-state index contributed by atoms with van der Waals surface area (Å²) in [4.78, 5) is 12.3. The van der Waals surface area contributed by atoms with Crippen LogP contribution in [0.25, 0.3) is 0 Å². The summed E-state index contributed by atoms with van der Waals surface area (Å²) in [7, 11) is 0. The molecule has 1 heterocycles. The van der Waals surface area contributed by atoms with E-state index in [1.807, 2.05) is 6.92 Å². The molecular weight excluding hydrogens is 312 g/mol. The third-order valence-corrected chi connectivity index (χ3v) is 4.22. The first-order valence-corrected chi connectivity index (χ1v) is 7.66. The zero-order chi connectivity index (χ0) is 15.2. The van der Waals surface area contributed by atoms with E-state index in [1.165, 1.54) is 11.3 Å². The Hall–Kier alpha value is -1.72. The minimum atomic E-state index is -0.965. The number of ether oxygens (including phenoxy) is 2. The molecule has 0 atom stereocenters. The van der Waals surface area contributed by atoms with Gasteiger partial charge in [-0.1, -0.05) is 18.5 Å². The van der Waals surface area contributed by atoms with E-state index in [9.17, 15) is 4.79 Å². The smallest absolute Gasteiger partial charge is 0.349 e. The van der Waals surface area contributed by atoms with Gasteiger partial charge in [0, 0.05) is 9.90 Å². The zero-order valence-electron chi connectivity index (χ0n) is 11.5. The van der Waals surface area contributed by atoms with Crippen LogP contribution in [-0.4, -0.2) is 24.3 Å². The van der Waals surface area contributed by atoms with Crippen LogP contribution in [-0.2, 0) is 6.42 Å². The van der Waals surface area contributed by atoms with Gasteiger partial charge in [0.1, 0.15) is 24.7 Å². The molecule has 1 aromatic heterocycles. The van der Waals surface area contributed by atoms with E-state index in [-0.39, 0.29) is 11.5 Å². The number of halogens is 1. The van der Waals surface area contributed by atoms with Crippen LogP contribution in [0.2, 0.25) is 5.02 Å². The van der Waals surface area contributed by atoms with E-state index in [0.717, 1.165) is 11.3 Å². The third kappa shape index (κ3) is 4.37. The number of hydrogen-bond acceptors (Lipinski definition) is 4. The number of aryl methyl sites for hydroxylation is 1. The Labute approximate surface area is 131 Å². The van der Waals surface area contributed by atoms with Crippen LogP contribution in [0.4, 0.5) is 0 Å². The molecule has 1 N–H and O–H groups in total. The molecule has 0 saturated carbocycles. The molecule has 1 aromatic carbocycles. The van der Waals surface area contributed by atoms with Crippen molar-refractivity contribution >= 4 is 28.9 Å². The minimum Gasteiger partial charge on any atom is -0.490 e. The summed E-state index contributed by atoms with van der Waals surface area (Å²) >= 11 is 7.03. The molecule has 0 fully saturated rings. The molecule has 0 unspecified atom stereocenters. The Balaban J connectivity index is 1.87. The van der Waals surface area contributed by atoms with Gasteiger partial charge in [0.2, 0.25) is 0 Å². The molecule has 112 valence electrons. The Morgan fingerprint density at radius 1 is 1.24 bits per heavy atom. The van der Waals surface area contributed by atoms with Gasteiger partial charge in [-0.25, -0.2) is 4.79 Å². The molecule has 4 nitrogen and oxygen atoms in total. The Kier molecular flexibility index (Phi) is 5.47. The fourth-order valence-corrected chi connectivity index (χ4v) is 2.70. The van der Waals surface area contributed by atoms with Gasteiger partial charge in [-0.2, -0.15) is 0 Å². The lowest BCUT2D eigenvalue weighted by atomic mass is 10.3. The highest BCUT2D eigenvalue weighted by molar-refractivity contribution is 7.14. The number of aromatic carboxylic acids is 1. The van der Waals surface area contributed by atoms with E-state index in [1.54, 1.807) is 30.3 Å². The van der Waals surface area contributed by atoms with Gasteiger partial charge in [0.25, 0.3) is 0 Å². The van der Waals surface area contributed by atoms with E-state index >= 15 is 0 Å². The first kappa shape index (κ1) is 15.7. The van der Waals surface area contributed by atoms with Crippen LogP contribution in [0.15, 0.2) is 30.3 Å². The van der Waals surface area contributed by atoms with Crippen LogP contribution in [0, 0.1) is 0 Å². The second kappa shape index (κ2) is 7.33. The normalized spacial score (nSPS) is 10.4. The van der Waals surface area contributed by atoms with Gasteiger partial charge < -0.3 is 14.6 Å². The second-order valence-electron chi connectivity index (χ2n) is 4.22. The number of rotatable bonds is 7. The van der Waals surface area contributed by atoms with E-state index < -0.39 is 5.97 Å². The van der Waals surface area contributed by atoms with Crippen LogP contribution < -0.4 is 9.47 Å². The number of benzene rings is 1. The van der Waals surface area contributed by atoms with Crippen molar-refractivity contribution in [1.29, 1.82) is 0 Å². The SMILES string of the molecule is CCc1cc(OCCOc2ccc(Cl)cc2)c(C(=O)O)s1. The molecule has 0 bridgehead atoms. The zero-order valence-corrected chi connectivity index (χ0v) is 13.0. The topological polar surface area (TPSA) is 55.8 Å². The summed E-state index contributed by atoms with van der Waals surface area (Å²) in [6.07, 6.45) is 0.787. The lowest BCUT2D eigenvalue weighted by Gasteiger charge is -2.08. The van der Waals surface area contributed by atoms with E-state index in [2.05, 4.69) is 0 Å². The monoisotopic (exact) mass is 326 g/mol. The molecule has 2 aromatic rings. The highest BCUT2D eigenvalue weighted by atomic mass is 35.5. The molecule has 6 heteroatoms. The van der Waals surface area contributed by atoms with Crippen molar-refractivity contribution in [2.75, 3.05) is 13.2 Å². The average molecular weight is 327 g/mol. The van der Waals surface area contributed by atoms with Crippen LogP contribution >= 0.6 is 22.9 Å². The molecule has 0 aliphatic carbocycles. The predicted molar refractivity (Wildman–Crippen MR) is 83.1 cm³/mol. The standard InChI is InChI=1S/C15H15ClO4S/c1-2-12-9-13(14(21-12)15(17)18)20-8-7-19-11-5-3-10(16)4-6-11/h3-6,9H,2,7-8H2,1H3,(H,17,18). The van der Waals surface area contributed by atoms with Crippen molar-refractivity contribution in [2.45, 2.75) is 13.3 Å². The van der Waals surface area contributed by atoms with Crippen molar-refractivity contribution in [3.05, 3.63) is 45.1 Å². The fourth-order valence-electron chi connectivity index (χ4n) is 1.70. The predicted octanol–water partition coefficient (Wildman–Crippen LogP) is 4.12. The summed E-state index contributed by atoms with van der Waals surface area (Å²) in [5, 5.41) is 9.77. The summed E-state index contributed by atoms with van der Waals surface area (Å²) < 4.78 is 11.0. The number of carboxylic acids is 1. The molecular formula is C15H15ClO4S. The highest BCUT2D eigenvalue weighted by Crippen LogP contribution is 2.29. The molecule has 21 heavy (non-hydrogen) atoms. The average Bonchev–Trinajstić information content (AvgIpc) is 2.89. The largest absolute Gasteiger partial charge is 0.490 e.